The molecule has 12 heteroatoms. The molecular formula is C40H63N5O5S2. The average molecular weight is 758 g/mol. The molecule has 0 bridgehead atoms. The van der Waals surface area contributed by atoms with Gasteiger partial charge in [0.25, 0.3) is 0 Å². The van der Waals surface area contributed by atoms with E-state index in [1.54, 1.807) is 51.4 Å². The van der Waals surface area contributed by atoms with Gasteiger partial charge in [0.1, 0.15) is 5.01 Å². The number of likely N-dealkylation sites (tertiary alicyclic amines) is 1. The minimum Gasteiger partial charge on any atom is -0.379 e. The fourth-order valence-corrected chi connectivity index (χ4v) is 8.36. The second-order valence-electron chi connectivity index (χ2n) is 15.4. The maximum absolute atomic E-state index is 14.3. The zero-order chi connectivity index (χ0) is 38.7. The lowest BCUT2D eigenvalue weighted by Crippen LogP contribution is -2.54. The van der Waals surface area contributed by atoms with Crippen LogP contribution in [0.15, 0.2) is 41.9 Å². The van der Waals surface area contributed by atoms with Gasteiger partial charge in [-0.05, 0) is 50.5 Å². The Morgan fingerprint density at radius 2 is 1.79 bits per heavy atom. The number of ether oxygens (including phenoxy) is 2. The highest BCUT2D eigenvalue weighted by atomic mass is 32.1. The first-order valence-electron chi connectivity index (χ1n) is 18.7. The Kier molecular flexibility index (Phi) is 16.8. The van der Waals surface area contributed by atoms with Gasteiger partial charge in [0.05, 0.1) is 47.3 Å². The number of Topliss-reactive ketones (excluding diaryl/α,β-unsaturated/α-hetero) is 1. The normalized spacial score (nSPS) is 19.0. The Balaban J connectivity index is 1.78. The fraction of sp³-hybridized carbons (Fsp3) is 0.675. The van der Waals surface area contributed by atoms with Gasteiger partial charge in [0.15, 0.2) is 5.78 Å². The molecule has 1 aliphatic rings. The van der Waals surface area contributed by atoms with Crippen LogP contribution in [0.3, 0.4) is 0 Å². The number of carbonyl (C=O) groups is 3. The average Bonchev–Trinajstić information content (AvgIpc) is 3.83. The molecule has 0 unspecified atom stereocenters. The summed E-state index contributed by atoms with van der Waals surface area (Å²) >= 11 is 7.62. The van der Waals surface area contributed by atoms with E-state index in [4.69, 9.17) is 27.4 Å². The number of thiazole rings is 1. The summed E-state index contributed by atoms with van der Waals surface area (Å²) in [5.41, 5.74) is 6.26. The number of aromatic nitrogens is 1. The van der Waals surface area contributed by atoms with E-state index in [2.05, 4.69) is 43.2 Å². The Morgan fingerprint density at radius 3 is 2.33 bits per heavy atom. The minimum atomic E-state index is -1.03. The maximum atomic E-state index is 14.3. The maximum Gasteiger partial charge on any atom is 0.226 e. The molecule has 1 fully saturated rings. The molecule has 1 aliphatic heterocycles. The van der Waals surface area contributed by atoms with Gasteiger partial charge in [0.2, 0.25) is 11.8 Å². The zero-order valence-corrected chi connectivity index (χ0v) is 34.6. The highest BCUT2D eigenvalue weighted by Gasteiger charge is 2.43. The van der Waals surface area contributed by atoms with Gasteiger partial charge >= 0.3 is 0 Å². The number of nitrogens with two attached hydrogens (primary N) is 1. The number of amides is 2. The third-order valence-corrected chi connectivity index (χ3v) is 12.2. The summed E-state index contributed by atoms with van der Waals surface area (Å²) in [5, 5.41) is 6.53. The fourth-order valence-electron chi connectivity index (χ4n) is 7.40. The van der Waals surface area contributed by atoms with Crippen LogP contribution in [0, 0.1) is 23.7 Å². The molecular weight excluding hydrogens is 695 g/mol. The van der Waals surface area contributed by atoms with E-state index < -0.39 is 17.6 Å². The Hall–Kier alpha value is -2.77. The smallest absolute Gasteiger partial charge is 0.226 e. The number of benzene rings is 1. The SMILES string of the molecule is CC[C@H](C)[C@@H]([C@@H](CC(=O)N1CCC[C@H]1[C@H](OC)[C@@H](C)C(=S)N[C@@H](Cc1ccccc1)c1nccs1)OC)N(C)C(=O)[C@@H](CC(=O)C(C)(C)N)C(C)C. The molecule has 2 aromatic rings. The van der Waals surface area contributed by atoms with Crippen LogP contribution in [-0.4, -0.2) is 95.0 Å². The number of nitrogens with one attached hydrogen (secondary N) is 1. The number of carbonyl (C=O) groups excluding carboxylic acids is 3. The Labute approximate surface area is 321 Å². The zero-order valence-electron chi connectivity index (χ0n) is 33.0. The van der Waals surface area contributed by atoms with Crippen molar-refractivity contribution in [2.45, 2.75) is 123 Å². The van der Waals surface area contributed by atoms with E-state index in [-0.39, 0.29) is 72.4 Å². The number of likely N-dealkylation sites (N-methyl/N-ethyl adjacent to an activating group) is 1. The van der Waals surface area contributed by atoms with Crippen molar-refractivity contribution >= 4 is 46.1 Å². The van der Waals surface area contributed by atoms with Crippen LogP contribution in [0.2, 0.25) is 0 Å². The molecule has 3 rings (SSSR count). The van der Waals surface area contributed by atoms with Crippen LogP contribution in [-0.2, 0) is 30.3 Å². The number of hydrogen-bond donors (Lipinski definition) is 2. The summed E-state index contributed by atoms with van der Waals surface area (Å²) in [6.07, 6.45) is 4.27. The van der Waals surface area contributed by atoms with Crippen molar-refractivity contribution in [2.75, 3.05) is 27.8 Å². The molecule has 1 aromatic carbocycles. The summed E-state index contributed by atoms with van der Waals surface area (Å²) in [7, 11) is 5.06. The molecule has 8 atom stereocenters. The summed E-state index contributed by atoms with van der Waals surface area (Å²) < 4.78 is 12.2. The molecule has 2 amide bonds. The molecule has 1 aromatic heterocycles. The van der Waals surface area contributed by atoms with Crippen molar-refractivity contribution in [1.29, 1.82) is 0 Å². The molecule has 0 aliphatic carbocycles. The number of thiocarbonyl (C=S) groups is 1. The number of methoxy groups -OCH3 is 2. The molecule has 0 spiro atoms. The summed E-state index contributed by atoms with van der Waals surface area (Å²) in [6, 6.07) is 9.64. The highest BCUT2D eigenvalue weighted by molar-refractivity contribution is 7.80. The predicted octanol–water partition coefficient (Wildman–Crippen LogP) is 6.23. The highest BCUT2D eigenvalue weighted by Crippen LogP contribution is 2.31. The summed E-state index contributed by atoms with van der Waals surface area (Å²) in [4.78, 5) is 50.2. The van der Waals surface area contributed by atoms with Crippen LogP contribution < -0.4 is 11.1 Å². The lowest BCUT2D eigenvalue weighted by atomic mass is 9.83. The standard InChI is InChI=1S/C40H63N5O5S2/c1-11-26(4)35(44(8)39(48)29(25(2)3)23-33(46)40(6,7)41)32(49-9)24-34(47)45-20-15-18-31(45)36(50-10)27(5)37(51)43-30(38-42-19-21-52-38)22-28-16-13-12-14-17-28/h12-14,16-17,19,21,25-27,29-32,35-36H,11,15,18,20,22-24,41H2,1-10H3,(H,43,51)/t26-,27+,29-,30-,31-,32+,35-,36+/m0/s1. The van der Waals surface area contributed by atoms with E-state index in [1.807, 2.05) is 48.5 Å². The summed E-state index contributed by atoms with van der Waals surface area (Å²) in [5.74, 6) is -1.08. The van der Waals surface area contributed by atoms with Crippen molar-refractivity contribution in [3.8, 4) is 0 Å². The van der Waals surface area contributed by atoms with E-state index in [0.29, 0.717) is 11.5 Å². The first-order valence-corrected chi connectivity index (χ1v) is 20.0. The van der Waals surface area contributed by atoms with Gasteiger partial charge in [-0.15, -0.1) is 11.3 Å². The third kappa shape index (κ3) is 11.4. The molecule has 0 saturated carbocycles. The third-order valence-electron chi connectivity index (χ3n) is 10.9. The molecule has 290 valence electrons. The topological polar surface area (TPSA) is 127 Å². The Morgan fingerprint density at radius 1 is 1.12 bits per heavy atom. The van der Waals surface area contributed by atoms with Crippen LogP contribution >= 0.6 is 23.6 Å². The first kappa shape index (κ1) is 43.6. The monoisotopic (exact) mass is 757 g/mol. The van der Waals surface area contributed by atoms with Gasteiger partial charge in [-0.2, -0.15) is 0 Å². The van der Waals surface area contributed by atoms with E-state index >= 15 is 0 Å². The van der Waals surface area contributed by atoms with Crippen LogP contribution in [0.1, 0.15) is 97.2 Å². The predicted molar refractivity (Wildman–Crippen MR) is 213 cm³/mol. The number of rotatable bonds is 20. The van der Waals surface area contributed by atoms with Crippen LogP contribution in [0.4, 0.5) is 0 Å². The molecule has 2 heterocycles. The first-order chi connectivity index (χ1) is 24.5. The van der Waals surface area contributed by atoms with Crippen molar-refractivity contribution in [3.05, 3.63) is 52.5 Å². The van der Waals surface area contributed by atoms with Gasteiger partial charge in [-0.3, -0.25) is 14.4 Å². The van der Waals surface area contributed by atoms with Gasteiger partial charge < -0.3 is 30.3 Å². The Bertz CT molecular complexity index is 1430. The van der Waals surface area contributed by atoms with Crippen molar-refractivity contribution in [3.63, 3.8) is 0 Å². The van der Waals surface area contributed by atoms with Crippen LogP contribution in [0.5, 0.6) is 0 Å². The van der Waals surface area contributed by atoms with Gasteiger partial charge in [-0.1, -0.05) is 83.6 Å². The van der Waals surface area contributed by atoms with Crippen LogP contribution in [0.25, 0.3) is 0 Å². The van der Waals surface area contributed by atoms with Crippen molar-refractivity contribution in [2.24, 2.45) is 29.4 Å². The molecule has 3 N–H and O–H groups in total. The minimum absolute atomic E-state index is 0.0346. The lowest BCUT2D eigenvalue weighted by molar-refractivity contribution is -0.148. The second-order valence-corrected chi connectivity index (χ2v) is 16.8. The number of nitrogens with zero attached hydrogens (tertiary/aromatic N) is 3. The summed E-state index contributed by atoms with van der Waals surface area (Å²) in [6.45, 7) is 14.1. The lowest BCUT2D eigenvalue weighted by Gasteiger charge is -2.41. The van der Waals surface area contributed by atoms with Gasteiger partial charge in [0, 0.05) is 57.6 Å². The number of ketones is 1. The number of hydrogen-bond acceptors (Lipinski definition) is 9. The van der Waals surface area contributed by atoms with E-state index in [1.165, 1.54) is 5.56 Å². The quantitative estimate of drug-likeness (QED) is 0.151. The van der Waals surface area contributed by atoms with Gasteiger partial charge in [-0.25, -0.2) is 4.98 Å². The van der Waals surface area contributed by atoms with Crippen molar-refractivity contribution in [1.82, 2.24) is 20.1 Å². The molecule has 10 nitrogen and oxygen atoms in total. The second kappa shape index (κ2) is 20.1. The van der Waals surface area contributed by atoms with E-state index in [9.17, 15) is 14.4 Å². The van der Waals surface area contributed by atoms with E-state index in [0.717, 1.165) is 30.7 Å². The molecule has 0 radical (unpaired) electrons. The molecule has 52 heavy (non-hydrogen) atoms. The largest absolute Gasteiger partial charge is 0.379 e. The molecule has 1 saturated heterocycles. The van der Waals surface area contributed by atoms with Crippen molar-refractivity contribution < 1.29 is 23.9 Å².